The Balaban J connectivity index is 1.48. The molecule has 3 aromatic rings. The SMILES string of the molecule is CC(Nc1nc(N)c2cnn(C)c2n1)c1ccc(NC(=O)C2CC2)cc1. The molecular formula is C18H21N7O. The molecule has 1 unspecified atom stereocenters. The summed E-state index contributed by atoms with van der Waals surface area (Å²) < 4.78 is 1.67. The molecule has 1 aliphatic rings. The van der Waals surface area contributed by atoms with Crippen LogP contribution in [0.4, 0.5) is 17.5 Å². The number of hydrogen-bond acceptors (Lipinski definition) is 6. The summed E-state index contributed by atoms with van der Waals surface area (Å²) >= 11 is 0. The van der Waals surface area contributed by atoms with Gasteiger partial charge in [-0.15, -0.1) is 0 Å². The Labute approximate surface area is 150 Å². The molecule has 2 heterocycles. The van der Waals surface area contributed by atoms with Crippen LogP contribution in [-0.2, 0) is 11.8 Å². The first-order chi connectivity index (χ1) is 12.5. The summed E-state index contributed by atoms with van der Waals surface area (Å²) in [4.78, 5) is 20.6. The van der Waals surface area contributed by atoms with Crippen LogP contribution >= 0.6 is 0 Å². The van der Waals surface area contributed by atoms with Crippen molar-refractivity contribution in [3.63, 3.8) is 0 Å². The van der Waals surface area contributed by atoms with Crippen molar-refractivity contribution < 1.29 is 4.79 Å². The van der Waals surface area contributed by atoms with Gasteiger partial charge in [0.2, 0.25) is 11.9 Å². The van der Waals surface area contributed by atoms with Crippen molar-refractivity contribution in [2.45, 2.75) is 25.8 Å². The van der Waals surface area contributed by atoms with E-state index < -0.39 is 0 Å². The number of aromatic nitrogens is 4. The van der Waals surface area contributed by atoms with E-state index >= 15 is 0 Å². The maximum Gasteiger partial charge on any atom is 0.227 e. The van der Waals surface area contributed by atoms with Gasteiger partial charge in [0.1, 0.15) is 5.82 Å². The second-order valence-corrected chi connectivity index (χ2v) is 6.69. The summed E-state index contributed by atoms with van der Waals surface area (Å²) in [6.45, 7) is 2.02. The van der Waals surface area contributed by atoms with E-state index in [1.165, 1.54) is 0 Å². The predicted molar refractivity (Wildman–Crippen MR) is 101 cm³/mol. The molecule has 1 amide bonds. The first kappa shape index (κ1) is 16.3. The normalized spacial score (nSPS) is 15.0. The minimum atomic E-state index is -0.0201. The van der Waals surface area contributed by atoms with Gasteiger partial charge in [-0.1, -0.05) is 12.1 Å². The molecule has 0 saturated heterocycles. The lowest BCUT2D eigenvalue weighted by Crippen LogP contribution is -2.14. The lowest BCUT2D eigenvalue weighted by Gasteiger charge is -2.15. The predicted octanol–water partition coefficient (Wildman–Crippen LogP) is 2.47. The van der Waals surface area contributed by atoms with Gasteiger partial charge in [-0.25, -0.2) is 0 Å². The van der Waals surface area contributed by atoms with E-state index in [4.69, 9.17) is 5.73 Å². The first-order valence-electron chi connectivity index (χ1n) is 8.64. The number of nitrogen functional groups attached to an aromatic ring is 1. The smallest absolute Gasteiger partial charge is 0.227 e. The molecule has 0 aliphatic heterocycles. The van der Waals surface area contributed by atoms with Crippen LogP contribution in [0.5, 0.6) is 0 Å². The fourth-order valence-corrected chi connectivity index (χ4v) is 2.83. The Hall–Kier alpha value is -3.16. The standard InChI is InChI=1S/C18H21N7O/c1-10(11-5-7-13(8-6-11)22-17(26)12-3-4-12)21-18-23-15(19)14-9-20-25(2)16(14)24-18/h5-10,12H,3-4H2,1-2H3,(H,22,26)(H3,19,21,23,24). The molecule has 26 heavy (non-hydrogen) atoms. The molecule has 1 aliphatic carbocycles. The number of hydrogen-bond donors (Lipinski definition) is 3. The molecule has 1 saturated carbocycles. The highest BCUT2D eigenvalue weighted by atomic mass is 16.2. The molecule has 0 radical (unpaired) electrons. The molecule has 134 valence electrons. The van der Waals surface area contributed by atoms with Crippen molar-refractivity contribution in [3.8, 4) is 0 Å². The second kappa shape index (κ2) is 6.29. The number of benzene rings is 1. The number of anilines is 3. The third-order valence-corrected chi connectivity index (χ3v) is 4.59. The van der Waals surface area contributed by atoms with Gasteiger partial charge in [-0.3, -0.25) is 9.48 Å². The molecule has 0 bridgehead atoms. The highest BCUT2D eigenvalue weighted by molar-refractivity contribution is 5.94. The lowest BCUT2D eigenvalue weighted by atomic mass is 10.1. The molecule has 1 aromatic carbocycles. The maximum absolute atomic E-state index is 11.8. The third kappa shape index (κ3) is 3.17. The summed E-state index contributed by atoms with van der Waals surface area (Å²) in [5.41, 5.74) is 8.55. The minimum Gasteiger partial charge on any atom is -0.383 e. The Bertz CT molecular complexity index is 960. The first-order valence-corrected chi connectivity index (χ1v) is 8.64. The lowest BCUT2D eigenvalue weighted by molar-refractivity contribution is -0.117. The van der Waals surface area contributed by atoms with E-state index in [2.05, 4.69) is 25.7 Å². The molecule has 0 spiro atoms. The van der Waals surface area contributed by atoms with Gasteiger partial charge in [0.05, 0.1) is 17.6 Å². The molecule has 8 heteroatoms. The number of aryl methyl sites for hydroxylation is 1. The zero-order valence-electron chi connectivity index (χ0n) is 14.7. The Morgan fingerprint density at radius 1 is 1.27 bits per heavy atom. The van der Waals surface area contributed by atoms with Crippen LogP contribution < -0.4 is 16.4 Å². The third-order valence-electron chi connectivity index (χ3n) is 4.59. The Kier molecular flexibility index (Phi) is 3.95. The van der Waals surface area contributed by atoms with Crippen LogP contribution in [-0.4, -0.2) is 25.7 Å². The zero-order valence-corrected chi connectivity index (χ0v) is 14.7. The van der Waals surface area contributed by atoms with Crippen molar-refractivity contribution in [1.29, 1.82) is 0 Å². The van der Waals surface area contributed by atoms with E-state index in [0.29, 0.717) is 17.4 Å². The number of carbonyl (C=O) groups is 1. The van der Waals surface area contributed by atoms with Crippen LogP contribution in [0.1, 0.15) is 31.4 Å². The largest absolute Gasteiger partial charge is 0.383 e. The topological polar surface area (TPSA) is 111 Å². The van der Waals surface area contributed by atoms with Gasteiger partial charge in [0, 0.05) is 18.7 Å². The zero-order chi connectivity index (χ0) is 18.3. The summed E-state index contributed by atoms with van der Waals surface area (Å²) in [5, 5.41) is 11.1. The molecule has 1 fully saturated rings. The highest BCUT2D eigenvalue weighted by Crippen LogP contribution is 2.30. The Morgan fingerprint density at radius 2 is 2.00 bits per heavy atom. The van der Waals surface area contributed by atoms with Crippen molar-refractivity contribution in [1.82, 2.24) is 19.7 Å². The van der Waals surface area contributed by atoms with E-state index in [9.17, 15) is 4.79 Å². The minimum absolute atomic E-state index is 0.0201. The van der Waals surface area contributed by atoms with Crippen LogP contribution in [0, 0.1) is 5.92 Å². The van der Waals surface area contributed by atoms with E-state index in [1.807, 2.05) is 38.2 Å². The van der Waals surface area contributed by atoms with Crippen molar-refractivity contribution in [3.05, 3.63) is 36.0 Å². The van der Waals surface area contributed by atoms with Gasteiger partial charge in [-0.2, -0.15) is 15.1 Å². The van der Waals surface area contributed by atoms with E-state index in [1.54, 1.807) is 10.9 Å². The quantitative estimate of drug-likeness (QED) is 0.651. The number of carbonyl (C=O) groups excluding carboxylic acids is 1. The molecule has 1 atom stereocenters. The van der Waals surface area contributed by atoms with E-state index in [0.717, 1.165) is 29.5 Å². The maximum atomic E-state index is 11.8. The highest BCUT2D eigenvalue weighted by Gasteiger charge is 2.29. The van der Waals surface area contributed by atoms with Crippen LogP contribution in [0.15, 0.2) is 30.5 Å². The number of amides is 1. The van der Waals surface area contributed by atoms with Crippen molar-refractivity contribution >= 4 is 34.4 Å². The van der Waals surface area contributed by atoms with Crippen molar-refractivity contribution in [2.75, 3.05) is 16.4 Å². The second-order valence-electron chi connectivity index (χ2n) is 6.69. The van der Waals surface area contributed by atoms with Crippen molar-refractivity contribution in [2.24, 2.45) is 13.0 Å². The number of nitrogens with one attached hydrogen (secondary N) is 2. The fraction of sp³-hybridized carbons (Fsp3) is 0.333. The van der Waals surface area contributed by atoms with Gasteiger partial charge < -0.3 is 16.4 Å². The monoisotopic (exact) mass is 351 g/mol. The van der Waals surface area contributed by atoms with Crippen LogP contribution in [0.3, 0.4) is 0 Å². The molecule has 2 aromatic heterocycles. The summed E-state index contributed by atoms with van der Waals surface area (Å²) in [6, 6.07) is 7.76. The fourth-order valence-electron chi connectivity index (χ4n) is 2.83. The number of rotatable bonds is 5. The summed E-state index contributed by atoms with van der Waals surface area (Å²) in [6.07, 6.45) is 3.65. The van der Waals surface area contributed by atoms with Crippen LogP contribution in [0.25, 0.3) is 11.0 Å². The van der Waals surface area contributed by atoms with E-state index in [-0.39, 0.29) is 17.9 Å². The summed E-state index contributed by atoms with van der Waals surface area (Å²) in [5.74, 6) is 1.16. The van der Waals surface area contributed by atoms with Gasteiger partial charge in [-0.05, 0) is 37.5 Å². The number of nitrogens with two attached hydrogens (primary N) is 1. The molecule has 8 nitrogen and oxygen atoms in total. The average Bonchev–Trinajstić information content (AvgIpc) is 3.40. The van der Waals surface area contributed by atoms with Gasteiger partial charge >= 0.3 is 0 Å². The Morgan fingerprint density at radius 3 is 2.69 bits per heavy atom. The van der Waals surface area contributed by atoms with Gasteiger partial charge in [0.25, 0.3) is 0 Å². The van der Waals surface area contributed by atoms with Crippen LogP contribution in [0.2, 0.25) is 0 Å². The number of fused-ring (bicyclic) bond motifs is 1. The average molecular weight is 351 g/mol. The molecule has 4 rings (SSSR count). The molecule has 4 N–H and O–H groups in total. The molecular weight excluding hydrogens is 330 g/mol. The number of nitrogens with zero attached hydrogens (tertiary/aromatic N) is 4. The van der Waals surface area contributed by atoms with Gasteiger partial charge in [0.15, 0.2) is 5.65 Å². The summed E-state index contributed by atoms with van der Waals surface area (Å²) in [7, 11) is 1.82.